The SMILES string of the molecule is N#Cc1cc(-n2c3ccccc3c3cc(-n4c5ccccc5c5ccccc54)ccc32)c(-n2c3ccccc3c3cc(-n4c5ccccc5c5ccccc54)ccc32)cc1-c1cc(F)cc(F)c1. The molecule has 14 aromatic rings. The van der Waals surface area contributed by atoms with Crippen LogP contribution in [0.3, 0.4) is 0 Å². The van der Waals surface area contributed by atoms with E-state index in [-0.39, 0.29) is 11.1 Å². The Balaban J connectivity index is 1.07. The monoisotopic (exact) mass is 875 g/mol. The molecule has 5 nitrogen and oxygen atoms in total. The molecule has 68 heavy (non-hydrogen) atoms. The van der Waals surface area contributed by atoms with Crippen molar-refractivity contribution in [3.8, 4) is 39.9 Å². The third-order valence-corrected chi connectivity index (χ3v) is 13.9. The Kier molecular flexibility index (Phi) is 8.05. The van der Waals surface area contributed by atoms with E-state index < -0.39 is 11.6 Å². The van der Waals surface area contributed by atoms with Gasteiger partial charge in [-0.15, -0.1) is 0 Å². The predicted molar refractivity (Wildman–Crippen MR) is 274 cm³/mol. The number of para-hydroxylation sites is 6. The minimum Gasteiger partial charge on any atom is -0.309 e. The lowest BCUT2D eigenvalue weighted by molar-refractivity contribution is 0.584. The molecule has 7 heteroatoms. The van der Waals surface area contributed by atoms with Crippen molar-refractivity contribution >= 4 is 87.2 Å². The molecule has 0 atom stereocenters. The van der Waals surface area contributed by atoms with E-state index in [1.807, 2.05) is 24.3 Å². The number of hydrogen-bond donors (Lipinski definition) is 0. The van der Waals surface area contributed by atoms with Gasteiger partial charge >= 0.3 is 0 Å². The van der Waals surface area contributed by atoms with Crippen molar-refractivity contribution < 1.29 is 8.78 Å². The molecule has 0 amide bonds. The van der Waals surface area contributed by atoms with Gasteiger partial charge in [0.15, 0.2) is 0 Å². The quantitative estimate of drug-likeness (QED) is 0.170. The first-order chi connectivity index (χ1) is 33.5. The molecule has 0 N–H and O–H groups in total. The molecule has 0 aliphatic carbocycles. The molecule has 0 fully saturated rings. The minimum absolute atomic E-state index is 0.277. The van der Waals surface area contributed by atoms with Crippen LogP contribution in [0.4, 0.5) is 8.78 Å². The fourth-order valence-corrected chi connectivity index (χ4v) is 11.1. The molecular weight excluding hydrogens is 841 g/mol. The van der Waals surface area contributed by atoms with Crippen molar-refractivity contribution in [3.05, 3.63) is 230 Å². The summed E-state index contributed by atoms with van der Waals surface area (Å²) in [4.78, 5) is 0. The highest BCUT2D eigenvalue weighted by Crippen LogP contribution is 2.43. The van der Waals surface area contributed by atoms with Crippen LogP contribution in [0.1, 0.15) is 5.56 Å². The van der Waals surface area contributed by atoms with Gasteiger partial charge in [0.05, 0.1) is 67.1 Å². The van der Waals surface area contributed by atoms with Crippen molar-refractivity contribution in [1.82, 2.24) is 18.3 Å². The second-order valence-electron chi connectivity index (χ2n) is 17.5. The number of nitriles is 1. The van der Waals surface area contributed by atoms with Gasteiger partial charge in [0, 0.05) is 66.1 Å². The Bertz CT molecular complexity index is 4370. The third-order valence-electron chi connectivity index (χ3n) is 13.9. The third kappa shape index (κ3) is 5.40. The van der Waals surface area contributed by atoms with E-state index in [1.165, 1.54) is 33.7 Å². The topological polar surface area (TPSA) is 43.5 Å². The summed E-state index contributed by atoms with van der Waals surface area (Å²) in [7, 11) is 0. The zero-order valence-corrected chi connectivity index (χ0v) is 36.2. The van der Waals surface area contributed by atoms with Crippen LogP contribution in [0.5, 0.6) is 0 Å². The molecule has 0 bridgehead atoms. The molecule has 14 rings (SSSR count). The summed E-state index contributed by atoms with van der Waals surface area (Å²) in [5.74, 6) is -1.43. The predicted octanol–water partition coefficient (Wildman–Crippen LogP) is 15.9. The molecular formula is C61H35F2N5. The Morgan fingerprint density at radius 3 is 1.01 bits per heavy atom. The highest BCUT2D eigenvalue weighted by molar-refractivity contribution is 6.15. The summed E-state index contributed by atoms with van der Waals surface area (Å²) in [6.45, 7) is 0. The van der Waals surface area contributed by atoms with Crippen LogP contribution in [0.15, 0.2) is 212 Å². The van der Waals surface area contributed by atoms with Crippen molar-refractivity contribution in [2.75, 3.05) is 0 Å². The van der Waals surface area contributed by atoms with Gasteiger partial charge < -0.3 is 18.3 Å². The molecule has 4 aromatic heterocycles. The van der Waals surface area contributed by atoms with Crippen LogP contribution in [0.2, 0.25) is 0 Å². The average Bonchev–Trinajstić information content (AvgIpc) is 4.10. The fourth-order valence-electron chi connectivity index (χ4n) is 11.1. The van der Waals surface area contributed by atoms with Crippen LogP contribution < -0.4 is 0 Å². The number of rotatable bonds is 5. The van der Waals surface area contributed by atoms with E-state index in [4.69, 9.17) is 0 Å². The van der Waals surface area contributed by atoms with E-state index in [1.54, 1.807) is 0 Å². The summed E-state index contributed by atoms with van der Waals surface area (Å²) in [6, 6.07) is 73.6. The van der Waals surface area contributed by atoms with E-state index in [2.05, 4.69) is 194 Å². The molecule has 0 unspecified atom stereocenters. The Morgan fingerprint density at radius 1 is 0.309 bits per heavy atom. The van der Waals surface area contributed by atoms with Gasteiger partial charge in [0.25, 0.3) is 0 Å². The largest absolute Gasteiger partial charge is 0.309 e. The first-order valence-corrected chi connectivity index (χ1v) is 22.6. The lowest BCUT2D eigenvalue weighted by Crippen LogP contribution is -2.06. The van der Waals surface area contributed by atoms with Gasteiger partial charge in [-0.3, -0.25) is 0 Å². The number of hydrogen-bond acceptors (Lipinski definition) is 1. The lowest BCUT2D eigenvalue weighted by Gasteiger charge is -2.20. The molecule has 0 aliphatic heterocycles. The average molecular weight is 876 g/mol. The van der Waals surface area contributed by atoms with E-state index in [0.29, 0.717) is 5.56 Å². The zero-order valence-electron chi connectivity index (χ0n) is 36.2. The molecule has 0 saturated heterocycles. The molecule has 0 spiro atoms. The second-order valence-corrected chi connectivity index (χ2v) is 17.5. The van der Waals surface area contributed by atoms with Crippen molar-refractivity contribution in [3.63, 3.8) is 0 Å². The fraction of sp³-hybridized carbons (Fsp3) is 0. The van der Waals surface area contributed by atoms with E-state index in [9.17, 15) is 5.26 Å². The first-order valence-electron chi connectivity index (χ1n) is 22.6. The second kappa shape index (κ2) is 14.4. The van der Waals surface area contributed by atoms with Crippen molar-refractivity contribution in [2.24, 2.45) is 0 Å². The van der Waals surface area contributed by atoms with Gasteiger partial charge in [-0.1, -0.05) is 109 Å². The first kappa shape index (κ1) is 38.1. The molecule has 0 radical (unpaired) electrons. The molecule has 10 aromatic carbocycles. The molecule has 4 heterocycles. The number of benzene rings is 10. The Morgan fingerprint density at radius 2 is 0.632 bits per heavy atom. The maximum absolute atomic E-state index is 15.1. The van der Waals surface area contributed by atoms with Gasteiger partial charge in [0.1, 0.15) is 11.6 Å². The van der Waals surface area contributed by atoms with E-state index >= 15 is 8.78 Å². The maximum atomic E-state index is 15.1. The Hall–Kier alpha value is -9.25. The van der Waals surface area contributed by atoms with Gasteiger partial charge in [0.2, 0.25) is 0 Å². The van der Waals surface area contributed by atoms with Crippen LogP contribution in [0.25, 0.3) is 121 Å². The highest BCUT2D eigenvalue weighted by Gasteiger charge is 2.24. The molecule has 0 aliphatic rings. The maximum Gasteiger partial charge on any atom is 0.126 e. The minimum atomic E-state index is -0.717. The standard InChI is InChI=1S/C61H35F2N5/c62-39-29-37(30-40(63)32-39)49-35-61(68-57-24-12-6-18-48(57)51-34-42(26-28-59(51)68)66-54-21-9-3-15-45(54)46-16-4-10-22-55(46)66)60(31-38(49)36-64)67-56-23-11-5-17-47(56)50-33-41(25-27-58(50)67)65-52-19-7-1-13-43(52)44-14-2-8-20-53(44)65/h1-35H. The lowest BCUT2D eigenvalue weighted by atomic mass is 9.97. The molecule has 0 saturated carbocycles. The van der Waals surface area contributed by atoms with Crippen LogP contribution in [0, 0.1) is 23.0 Å². The van der Waals surface area contributed by atoms with Crippen molar-refractivity contribution in [2.45, 2.75) is 0 Å². The van der Waals surface area contributed by atoms with Crippen molar-refractivity contribution in [1.29, 1.82) is 5.26 Å². The summed E-state index contributed by atoms with van der Waals surface area (Å²) >= 11 is 0. The summed E-state index contributed by atoms with van der Waals surface area (Å²) < 4.78 is 39.4. The van der Waals surface area contributed by atoms with Crippen LogP contribution >= 0.6 is 0 Å². The smallest absolute Gasteiger partial charge is 0.126 e. The summed E-state index contributed by atoms with van der Waals surface area (Å²) in [5.41, 5.74) is 12.8. The van der Waals surface area contributed by atoms with E-state index in [0.717, 1.165) is 94.5 Å². The highest BCUT2D eigenvalue weighted by atomic mass is 19.1. The number of halogens is 2. The molecule has 318 valence electrons. The number of nitrogens with zero attached hydrogens (tertiary/aromatic N) is 5. The van der Waals surface area contributed by atoms with Crippen LogP contribution in [-0.2, 0) is 0 Å². The van der Waals surface area contributed by atoms with Gasteiger partial charge in [-0.2, -0.15) is 5.26 Å². The zero-order chi connectivity index (χ0) is 45.2. The normalized spacial score (nSPS) is 12.0. The number of aromatic nitrogens is 4. The van der Waals surface area contributed by atoms with Gasteiger partial charge in [-0.05, 0) is 103 Å². The summed E-state index contributed by atoms with van der Waals surface area (Å²) in [6.07, 6.45) is 0. The number of fused-ring (bicyclic) bond motifs is 12. The van der Waals surface area contributed by atoms with Crippen LogP contribution in [-0.4, -0.2) is 18.3 Å². The Labute approximate surface area is 387 Å². The summed E-state index contributed by atoms with van der Waals surface area (Å²) in [5, 5.41) is 19.9. The van der Waals surface area contributed by atoms with Gasteiger partial charge in [-0.25, -0.2) is 8.78 Å².